The molecule has 0 N–H and O–H groups in total. The minimum absolute atomic E-state index is 0.0265. The molecule has 0 spiro atoms. The third-order valence-electron chi connectivity index (χ3n) is 4.23. The smallest absolute Gasteiger partial charge is 0.184 e. The van der Waals surface area contributed by atoms with Gasteiger partial charge in [0, 0.05) is 25.7 Å². The van der Waals surface area contributed by atoms with Gasteiger partial charge in [0.05, 0.1) is 6.61 Å². The van der Waals surface area contributed by atoms with Crippen molar-refractivity contribution in [2.24, 2.45) is 5.92 Å². The van der Waals surface area contributed by atoms with Gasteiger partial charge < -0.3 is 14.0 Å². The van der Waals surface area contributed by atoms with Gasteiger partial charge in [-0.2, -0.15) is 0 Å². The Labute approximate surface area is 141 Å². The Balaban J connectivity index is 1.41. The topological polar surface area (TPSA) is 61.6 Å². The van der Waals surface area contributed by atoms with E-state index in [1.54, 1.807) is 6.07 Å². The van der Waals surface area contributed by atoms with Gasteiger partial charge in [0.15, 0.2) is 11.5 Å². The number of benzene rings is 1. The summed E-state index contributed by atoms with van der Waals surface area (Å²) in [5.74, 6) is 1.09. The van der Waals surface area contributed by atoms with E-state index < -0.39 is 0 Å². The van der Waals surface area contributed by atoms with E-state index in [2.05, 4.69) is 5.16 Å². The highest BCUT2D eigenvalue weighted by Crippen LogP contribution is 2.20. The van der Waals surface area contributed by atoms with Gasteiger partial charge in [-0.15, -0.1) is 0 Å². The number of rotatable bonds is 8. The number of ketones is 1. The van der Waals surface area contributed by atoms with Gasteiger partial charge in [0.2, 0.25) is 0 Å². The lowest BCUT2D eigenvalue weighted by molar-refractivity contribution is 0.0502. The van der Waals surface area contributed by atoms with Crippen LogP contribution in [0, 0.1) is 5.92 Å². The molecule has 2 aromatic rings. The summed E-state index contributed by atoms with van der Waals surface area (Å²) in [6.07, 6.45) is 3.58. The van der Waals surface area contributed by atoms with Crippen LogP contribution in [0.15, 0.2) is 40.9 Å². The van der Waals surface area contributed by atoms with Crippen LogP contribution in [0.1, 0.15) is 47.5 Å². The molecular weight excluding hydrogens is 306 g/mol. The van der Waals surface area contributed by atoms with Crippen LogP contribution in [0.5, 0.6) is 0 Å². The van der Waals surface area contributed by atoms with E-state index >= 15 is 0 Å². The van der Waals surface area contributed by atoms with Crippen molar-refractivity contribution in [3.05, 3.63) is 53.4 Å². The molecular formula is C19H23NO4. The quantitative estimate of drug-likeness (QED) is 0.690. The summed E-state index contributed by atoms with van der Waals surface area (Å²) in [5, 5.41) is 3.87. The molecule has 1 aliphatic heterocycles. The zero-order valence-corrected chi connectivity index (χ0v) is 13.8. The summed E-state index contributed by atoms with van der Waals surface area (Å²) in [4.78, 5) is 12.2. The first-order chi connectivity index (χ1) is 11.8. The average molecular weight is 329 g/mol. The molecule has 5 heteroatoms. The molecule has 24 heavy (non-hydrogen) atoms. The van der Waals surface area contributed by atoms with E-state index in [0.29, 0.717) is 37.0 Å². The minimum Gasteiger partial charge on any atom is -0.381 e. The monoisotopic (exact) mass is 329 g/mol. The molecule has 0 aliphatic carbocycles. The van der Waals surface area contributed by atoms with Gasteiger partial charge in [0.1, 0.15) is 12.3 Å². The number of Topliss-reactive ketones (excluding diaryl/α,β-unsaturated/α-hetero) is 1. The average Bonchev–Trinajstić information content (AvgIpc) is 3.10. The number of aromatic nitrogens is 1. The zero-order chi connectivity index (χ0) is 16.6. The predicted octanol–water partition coefficient (Wildman–Crippen LogP) is 3.78. The summed E-state index contributed by atoms with van der Waals surface area (Å²) in [5.41, 5.74) is 1.49. The summed E-state index contributed by atoms with van der Waals surface area (Å²) >= 11 is 0. The highest BCUT2D eigenvalue weighted by Gasteiger charge is 2.18. The molecule has 1 saturated heterocycles. The molecule has 1 fully saturated rings. The molecule has 1 aliphatic rings. The fourth-order valence-corrected chi connectivity index (χ4v) is 2.85. The van der Waals surface area contributed by atoms with E-state index in [1.165, 1.54) is 0 Å². The predicted molar refractivity (Wildman–Crippen MR) is 88.5 cm³/mol. The molecule has 0 amide bonds. The highest BCUT2D eigenvalue weighted by molar-refractivity contribution is 5.94. The van der Waals surface area contributed by atoms with Crippen molar-refractivity contribution >= 4 is 5.78 Å². The fourth-order valence-electron chi connectivity index (χ4n) is 2.85. The molecule has 0 bridgehead atoms. The maximum Gasteiger partial charge on any atom is 0.184 e. The van der Waals surface area contributed by atoms with Crippen molar-refractivity contribution in [1.82, 2.24) is 5.16 Å². The number of nitrogens with zero attached hydrogens (tertiary/aromatic N) is 1. The molecule has 1 atom stereocenters. The van der Waals surface area contributed by atoms with E-state index in [4.69, 9.17) is 14.0 Å². The third kappa shape index (κ3) is 5.01. The van der Waals surface area contributed by atoms with Gasteiger partial charge in [-0.25, -0.2) is 0 Å². The second kappa shape index (κ2) is 8.76. The van der Waals surface area contributed by atoms with E-state index in [0.717, 1.165) is 38.0 Å². The first kappa shape index (κ1) is 16.9. The lowest BCUT2D eigenvalue weighted by atomic mass is 9.95. The van der Waals surface area contributed by atoms with Crippen molar-refractivity contribution in [2.75, 3.05) is 13.2 Å². The lowest BCUT2D eigenvalue weighted by Gasteiger charge is -2.21. The van der Waals surface area contributed by atoms with Crippen LogP contribution in [0.3, 0.4) is 0 Å². The van der Waals surface area contributed by atoms with Crippen LogP contribution in [0.2, 0.25) is 0 Å². The number of hydrogen-bond acceptors (Lipinski definition) is 5. The molecule has 1 aromatic heterocycles. The molecule has 128 valence electrons. The van der Waals surface area contributed by atoms with Crippen molar-refractivity contribution in [3.63, 3.8) is 0 Å². The fraction of sp³-hybridized carbons (Fsp3) is 0.474. The largest absolute Gasteiger partial charge is 0.381 e. The van der Waals surface area contributed by atoms with Crippen LogP contribution >= 0.6 is 0 Å². The van der Waals surface area contributed by atoms with Crippen molar-refractivity contribution in [2.45, 2.75) is 38.9 Å². The number of carbonyl (C=O) groups is 1. The first-order valence-electron chi connectivity index (χ1n) is 8.49. The number of carbonyl (C=O) groups excluding carboxylic acids is 1. The zero-order valence-electron chi connectivity index (χ0n) is 13.8. The Morgan fingerprint density at radius 2 is 2.12 bits per heavy atom. The molecule has 0 radical (unpaired) electrons. The molecule has 0 saturated carbocycles. The Morgan fingerprint density at radius 1 is 1.25 bits per heavy atom. The Kier molecular flexibility index (Phi) is 6.15. The molecule has 2 heterocycles. The maximum absolute atomic E-state index is 12.2. The lowest BCUT2D eigenvalue weighted by Crippen LogP contribution is -2.18. The molecule has 3 rings (SSSR count). The molecule has 5 nitrogen and oxygen atoms in total. The SMILES string of the molecule is O=C(CCC1CCCOC1)c1cc(COCc2ccccc2)on1. The molecule has 1 aromatic carbocycles. The van der Waals surface area contributed by atoms with Crippen molar-refractivity contribution in [3.8, 4) is 0 Å². The third-order valence-corrected chi connectivity index (χ3v) is 4.23. The summed E-state index contributed by atoms with van der Waals surface area (Å²) in [7, 11) is 0. The first-order valence-corrected chi connectivity index (χ1v) is 8.49. The van der Waals surface area contributed by atoms with Gasteiger partial charge in [0.25, 0.3) is 0 Å². The standard InChI is InChI=1S/C19H23NO4/c21-19(9-8-16-7-4-10-22-12-16)18-11-17(24-20-18)14-23-13-15-5-2-1-3-6-15/h1-3,5-6,11,16H,4,7-10,12-14H2. The Morgan fingerprint density at radius 3 is 2.92 bits per heavy atom. The number of ether oxygens (including phenoxy) is 2. The van der Waals surface area contributed by atoms with Crippen molar-refractivity contribution < 1.29 is 18.8 Å². The van der Waals surface area contributed by atoms with Crippen LogP contribution in [-0.4, -0.2) is 24.2 Å². The Hall–Kier alpha value is -1.98. The highest BCUT2D eigenvalue weighted by atomic mass is 16.5. The van der Waals surface area contributed by atoms with Crippen LogP contribution < -0.4 is 0 Å². The summed E-state index contributed by atoms with van der Waals surface area (Å²) in [6.45, 7) is 2.43. The van der Waals surface area contributed by atoms with Crippen LogP contribution in [-0.2, 0) is 22.7 Å². The number of hydrogen-bond donors (Lipinski definition) is 0. The maximum atomic E-state index is 12.2. The van der Waals surface area contributed by atoms with Crippen LogP contribution in [0.25, 0.3) is 0 Å². The van der Waals surface area contributed by atoms with Gasteiger partial charge in [-0.1, -0.05) is 35.5 Å². The second-order valence-electron chi connectivity index (χ2n) is 6.20. The second-order valence-corrected chi connectivity index (χ2v) is 6.20. The minimum atomic E-state index is 0.0265. The molecule has 1 unspecified atom stereocenters. The Bertz CT molecular complexity index is 632. The summed E-state index contributed by atoms with van der Waals surface area (Å²) in [6, 6.07) is 11.6. The van der Waals surface area contributed by atoms with Gasteiger partial charge in [-0.05, 0) is 30.7 Å². The normalized spacial score (nSPS) is 17.8. The van der Waals surface area contributed by atoms with Crippen molar-refractivity contribution in [1.29, 1.82) is 0 Å². The van der Waals surface area contributed by atoms with Gasteiger partial charge >= 0.3 is 0 Å². The van der Waals surface area contributed by atoms with E-state index in [1.807, 2.05) is 30.3 Å². The summed E-state index contributed by atoms with van der Waals surface area (Å²) < 4.78 is 16.2. The van der Waals surface area contributed by atoms with E-state index in [-0.39, 0.29) is 5.78 Å². The van der Waals surface area contributed by atoms with E-state index in [9.17, 15) is 4.79 Å². The van der Waals surface area contributed by atoms with Crippen LogP contribution in [0.4, 0.5) is 0 Å². The van der Waals surface area contributed by atoms with Gasteiger partial charge in [-0.3, -0.25) is 4.79 Å².